The van der Waals surface area contributed by atoms with Gasteiger partial charge in [-0.3, -0.25) is 9.52 Å². The first-order chi connectivity index (χ1) is 22.6. The Kier molecular flexibility index (Phi) is 16.3. The largest absolute Gasteiger partial charge is 0.370 e. The molecule has 1 fully saturated rings. The summed E-state index contributed by atoms with van der Waals surface area (Å²) in [6.45, 7) is 9.36. The van der Waals surface area contributed by atoms with Gasteiger partial charge in [-0.05, 0) is 74.8 Å². The van der Waals surface area contributed by atoms with Gasteiger partial charge in [0.05, 0.1) is 5.69 Å². The second-order valence-corrected chi connectivity index (χ2v) is 15.2. The number of nitrogens with one attached hydrogen (secondary N) is 5. The Morgan fingerprint density at radius 2 is 1.66 bits per heavy atom. The summed E-state index contributed by atoms with van der Waals surface area (Å²) in [7, 11) is -3.90. The highest BCUT2D eigenvalue weighted by Gasteiger charge is 2.25. The molecule has 47 heavy (non-hydrogen) atoms. The van der Waals surface area contributed by atoms with Crippen LogP contribution < -0.4 is 26.0 Å². The third-order valence-corrected chi connectivity index (χ3v) is 10.1. The summed E-state index contributed by atoms with van der Waals surface area (Å²) in [5.41, 5.74) is 0.694. The monoisotopic (exact) mass is 670 g/mol. The lowest BCUT2D eigenvalue weighted by Crippen LogP contribution is -2.50. The zero-order chi connectivity index (χ0) is 34.1. The van der Waals surface area contributed by atoms with Crippen LogP contribution in [0.1, 0.15) is 118 Å². The van der Waals surface area contributed by atoms with E-state index in [1.165, 1.54) is 57.2 Å². The van der Waals surface area contributed by atoms with Crippen molar-refractivity contribution in [2.45, 2.75) is 135 Å². The van der Waals surface area contributed by atoms with Crippen LogP contribution in [-0.4, -0.2) is 44.0 Å². The number of benzene rings is 1. The lowest BCUT2D eigenvalue weighted by molar-refractivity contribution is -0.123. The smallest absolute Gasteiger partial charge is 0.319 e. The van der Waals surface area contributed by atoms with E-state index in [1.807, 2.05) is 6.92 Å². The average molecular weight is 671 g/mol. The molecule has 2 aromatic rings. The fourth-order valence-corrected chi connectivity index (χ4v) is 7.00. The molecule has 5 N–H and O–H groups in total. The zero-order valence-corrected chi connectivity index (χ0v) is 29.8. The molecular weight excluding hydrogens is 613 g/mol. The number of unbranched alkanes of at least 4 members (excludes halogenated alkanes) is 3. The van der Waals surface area contributed by atoms with Crippen LogP contribution in [0.5, 0.6) is 0 Å². The number of carbonyl (C=O) groups excluding carboxylic acids is 2. The number of aromatic nitrogens is 1. The first kappa shape index (κ1) is 38.1. The number of amides is 3. The lowest BCUT2D eigenvalue weighted by Gasteiger charge is -2.25. The quantitative estimate of drug-likeness (QED) is 0.0903. The van der Waals surface area contributed by atoms with E-state index in [1.54, 1.807) is 30.3 Å². The molecule has 1 aliphatic rings. The molecule has 11 heteroatoms. The molecule has 0 aliphatic heterocycles. The van der Waals surface area contributed by atoms with E-state index >= 15 is 0 Å². The third-order valence-electron chi connectivity index (χ3n) is 8.77. The third kappa shape index (κ3) is 14.5. The molecule has 1 saturated carbocycles. The summed E-state index contributed by atoms with van der Waals surface area (Å²) in [5, 5.41) is 12.0. The number of sulfonamides is 1. The van der Waals surface area contributed by atoms with Gasteiger partial charge in [0, 0.05) is 24.5 Å². The van der Waals surface area contributed by atoms with Gasteiger partial charge in [0.1, 0.15) is 16.8 Å². The number of nitrogens with zero attached hydrogens (tertiary/aromatic N) is 1. The summed E-state index contributed by atoms with van der Waals surface area (Å²) >= 11 is 0. The maximum absolute atomic E-state index is 13.3. The van der Waals surface area contributed by atoms with Crippen LogP contribution in [0.25, 0.3) is 0 Å². The summed E-state index contributed by atoms with van der Waals surface area (Å²) in [4.78, 5) is 30.8. The number of anilines is 3. The van der Waals surface area contributed by atoms with Crippen molar-refractivity contribution < 1.29 is 18.0 Å². The van der Waals surface area contributed by atoms with Crippen LogP contribution in [0.15, 0.2) is 47.5 Å². The Morgan fingerprint density at radius 3 is 2.36 bits per heavy atom. The van der Waals surface area contributed by atoms with Crippen molar-refractivity contribution in [1.82, 2.24) is 15.6 Å². The van der Waals surface area contributed by atoms with Crippen LogP contribution >= 0.6 is 0 Å². The molecule has 0 radical (unpaired) electrons. The van der Waals surface area contributed by atoms with Crippen LogP contribution in [0.2, 0.25) is 0 Å². The van der Waals surface area contributed by atoms with Crippen LogP contribution in [-0.2, 0) is 14.8 Å². The van der Waals surface area contributed by atoms with Gasteiger partial charge < -0.3 is 21.3 Å². The zero-order valence-electron chi connectivity index (χ0n) is 28.9. The summed E-state index contributed by atoms with van der Waals surface area (Å²) in [6, 6.07) is 8.51. The number of urea groups is 1. The molecule has 0 spiro atoms. The topological polar surface area (TPSA) is 141 Å². The van der Waals surface area contributed by atoms with Gasteiger partial charge in [0.15, 0.2) is 0 Å². The molecule has 1 aliphatic carbocycles. The SMILES string of the molecule is CCCCCCNc1ccc(S(=O)(=O)Nc2cccc(NC(=O)N[C@H](CCC3CCCCC3)C(=O)NC(C)CCCC(C)C)c2)cn1. The predicted octanol–water partition coefficient (Wildman–Crippen LogP) is 8.06. The molecule has 10 nitrogen and oxygen atoms in total. The van der Waals surface area contributed by atoms with E-state index in [4.69, 9.17) is 0 Å². The average Bonchev–Trinajstić information content (AvgIpc) is 3.03. The minimum Gasteiger partial charge on any atom is -0.370 e. The lowest BCUT2D eigenvalue weighted by atomic mass is 9.85. The molecule has 0 saturated heterocycles. The van der Waals surface area contributed by atoms with E-state index in [2.05, 4.69) is 51.7 Å². The van der Waals surface area contributed by atoms with E-state index in [0.717, 1.165) is 45.1 Å². The molecule has 3 amide bonds. The molecule has 2 atom stereocenters. The fourth-order valence-electron chi connectivity index (χ4n) is 6.01. The maximum atomic E-state index is 13.3. The maximum Gasteiger partial charge on any atom is 0.319 e. The second kappa shape index (κ2) is 20.1. The standard InChI is InChI=1S/C36H58N6O4S/c1-5-6-7-11-24-37-34-23-21-32(26-38-34)47(45,46)42-31-19-13-18-30(25-31)40-36(44)41-33(22-20-29-16-9-8-10-17-29)35(43)39-28(4)15-12-14-27(2)3/h13,18-19,21,23,25-29,33,42H,5-12,14-17,20,22,24H2,1-4H3,(H,37,38)(H,39,43)(H2,40,41,44)/t28?,33-/m1/s1. The van der Waals surface area contributed by atoms with Crippen molar-refractivity contribution in [2.75, 3.05) is 21.9 Å². The van der Waals surface area contributed by atoms with Crippen LogP contribution in [0, 0.1) is 11.8 Å². The molecule has 0 bridgehead atoms. The normalized spacial score (nSPS) is 15.1. The fraction of sp³-hybridized carbons (Fsp3) is 0.639. The molecule has 1 aromatic carbocycles. The predicted molar refractivity (Wildman–Crippen MR) is 192 cm³/mol. The number of pyridine rings is 1. The molecule has 1 unspecified atom stereocenters. The molecule has 262 valence electrons. The number of carbonyl (C=O) groups is 2. The Bertz CT molecular complexity index is 1330. The highest BCUT2D eigenvalue weighted by molar-refractivity contribution is 7.92. The van der Waals surface area contributed by atoms with Crippen molar-refractivity contribution in [3.05, 3.63) is 42.6 Å². The van der Waals surface area contributed by atoms with Crippen molar-refractivity contribution >= 4 is 39.2 Å². The summed E-state index contributed by atoms with van der Waals surface area (Å²) in [5.74, 6) is 1.66. The first-order valence-electron chi connectivity index (χ1n) is 17.8. The molecule has 1 heterocycles. The van der Waals surface area contributed by atoms with Crippen LogP contribution in [0.4, 0.5) is 22.0 Å². The Labute approximate surface area is 283 Å². The van der Waals surface area contributed by atoms with Gasteiger partial charge >= 0.3 is 6.03 Å². The first-order valence-corrected chi connectivity index (χ1v) is 19.2. The summed E-state index contributed by atoms with van der Waals surface area (Å²) in [6.07, 6.45) is 16.4. The Balaban J connectivity index is 1.58. The minimum absolute atomic E-state index is 0.0196. The van der Waals surface area contributed by atoms with Gasteiger partial charge in [0.25, 0.3) is 10.0 Å². The van der Waals surface area contributed by atoms with Crippen molar-refractivity contribution in [1.29, 1.82) is 0 Å². The number of hydrogen-bond donors (Lipinski definition) is 5. The van der Waals surface area contributed by atoms with Crippen molar-refractivity contribution in [3.63, 3.8) is 0 Å². The van der Waals surface area contributed by atoms with Gasteiger partial charge in [-0.1, -0.05) is 91.0 Å². The van der Waals surface area contributed by atoms with Gasteiger partial charge in [-0.15, -0.1) is 0 Å². The Hall–Kier alpha value is -3.34. The second-order valence-electron chi connectivity index (χ2n) is 13.5. The van der Waals surface area contributed by atoms with Crippen LogP contribution in [0.3, 0.4) is 0 Å². The van der Waals surface area contributed by atoms with Crippen molar-refractivity contribution in [2.24, 2.45) is 11.8 Å². The molecule has 1 aromatic heterocycles. The number of hydrogen-bond acceptors (Lipinski definition) is 6. The van der Waals surface area contributed by atoms with E-state index in [-0.39, 0.29) is 16.8 Å². The number of rotatable bonds is 20. The summed E-state index contributed by atoms with van der Waals surface area (Å²) < 4.78 is 28.7. The Morgan fingerprint density at radius 1 is 0.894 bits per heavy atom. The molecular formula is C36H58N6O4S. The van der Waals surface area contributed by atoms with Gasteiger partial charge in [-0.2, -0.15) is 0 Å². The van der Waals surface area contributed by atoms with E-state index < -0.39 is 22.1 Å². The van der Waals surface area contributed by atoms with E-state index in [9.17, 15) is 18.0 Å². The van der Waals surface area contributed by atoms with E-state index in [0.29, 0.717) is 35.4 Å². The van der Waals surface area contributed by atoms with Crippen molar-refractivity contribution in [3.8, 4) is 0 Å². The minimum atomic E-state index is -3.90. The van der Waals surface area contributed by atoms with Gasteiger partial charge in [0.2, 0.25) is 5.91 Å². The highest BCUT2D eigenvalue weighted by Crippen LogP contribution is 2.28. The molecule has 3 rings (SSSR count). The highest BCUT2D eigenvalue weighted by atomic mass is 32.2. The van der Waals surface area contributed by atoms with Gasteiger partial charge in [-0.25, -0.2) is 18.2 Å².